The number of carbonyl (C=O) groups is 1. The van der Waals surface area contributed by atoms with Crippen molar-refractivity contribution in [3.05, 3.63) is 77.6 Å². The van der Waals surface area contributed by atoms with Crippen molar-refractivity contribution in [1.29, 1.82) is 5.41 Å². The number of benzene rings is 3. The van der Waals surface area contributed by atoms with Gasteiger partial charge in [0, 0.05) is 25.0 Å². The van der Waals surface area contributed by atoms with Crippen LogP contribution in [0.15, 0.2) is 60.7 Å². The van der Waals surface area contributed by atoms with Crippen LogP contribution in [0, 0.1) is 11.2 Å². The molecule has 5 heteroatoms. The van der Waals surface area contributed by atoms with Crippen molar-refractivity contribution in [1.82, 2.24) is 5.32 Å². The lowest BCUT2D eigenvalue weighted by molar-refractivity contribution is -0.120. The summed E-state index contributed by atoms with van der Waals surface area (Å²) in [6.07, 6.45) is 1.61. The number of hydrogen-bond acceptors (Lipinski definition) is 3. The van der Waals surface area contributed by atoms with Gasteiger partial charge in [0.15, 0.2) is 0 Å². The van der Waals surface area contributed by atoms with Crippen molar-refractivity contribution in [2.45, 2.75) is 6.42 Å². The minimum absolute atomic E-state index is 0.0568. The van der Waals surface area contributed by atoms with Gasteiger partial charge in [-0.05, 0) is 46.2 Å². The molecule has 0 bridgehead atoms. The Morgan fingerprint density at radius 1 is 0.962 bits per heavy atom. The number of anilines is 1. The zero-order valence-electron chi connectivity index (χ0n) is 14.3. The first-order valence-electron chi connectivity index (χ1n) is 8.44. The van der Waals surface area contributed by atoms with Gasteiger partial charge in [-0.15, -0.1) is 0 Å². The van der Waals surface area contributed by atoms with Gasteiger partial charge in [-0.1, -0.05) is 36.4 Å². The number of fused-ring (bicyclic) bond motifs is 1. The molecule has 132 valence electrons. The highest BCUT2D eigenvalue weighted by molar-refractivity contribution is 6.01. The maximum Gasteiger partial charge on any atom is 0.224 e. The van der Waals surface area contributed by atoms with E-state index in [4.69, 9.17) is 5.41 Å². The molecular formula is C21H20FN3O. The van der Waals surface area contributed by atoms with Gasteiger partial charge >= 0.3 is 0 Å². The van der Waals surface area contributed by atoms with E-state index >= 15 is 0 Å². The maximum atomic E-state index is 12.8. The minimum Gasteiger partial charge on any atom is -0.383 e. The molecule has 1 amide bonds. The third-order valence-corrected chi connectivity index (χ3v) is 4.18. The molecule has 0 unspecified atom stereocenters. The molecule has 26 heavy (non-hydrogen) atoms. The molecule has 0 aliphatic carbocycles. The third kappa shape index (κ3) is 4.25. The van der Waals surface area contributed by atoms with Crippen LogP contribution in [0.2, 0.25) is 0 Å². The molecule has 0 atom stereocenters. The quantitative estimate of drug-likeness (QED) is 0.449. The van der Waals surface area contributed by atoms with E-state index in [0.717, 1.165) is 27.6 Å². The number of nitrogens with one attached hydrogen (secondary N) is 3. The summed E-state index contributed by atoms with van der Waals surface area (Å²) in [7, 11) is 0. The molecule has 3 aromatic carbocycles. The zero-order chi connectivity index (χ0) is 18.4. The van der Waals surface area contributed by atoms with Crippen LogP contribution in [0.1, 0.15) is 11.1 Å². The average Bonchev–Trinajstić information content (AvgIpc) is 2.67. The number of hydrogen-bond donors (Lipinski definition) is 3. The number of carbonyl (C=O) groups excluding carboxylic acids is 1. The maximum absolute atomic E-state index is 12.8. The lowest BCUT2D eigenvalue weighted by atomic mass is 9.98. The van der Waals surface area contributed by atoms with Crippen molar-refractivity contribution in [2.75, 3.05) is 18.4 Å². The van der Waals surface area contributed by atoms with Crippen LogP contribution in [-0.2, 0) is 11.2 Å². The van der Waals surface area contributed by atoms with Gasteiger partial charge in [0.05, 0.1) is 6.42 Å². The van der Waals surface area contributed by atoms with Gasteiger partial charge in [0.25, 0.3) is 0 Å². The average molecular weight is 349 g/mol. The van der Waals surface area contributed by atoms with Crippen molar-refractivity contribution in [3.63, 3.8) is 0 Å². The Bertz CT molecular complexity index is 922. The fraction of sp³-hybridized carbons (Fsp3) is 0.143. The Kier molecular flexibility index (Phi) is 5.59. The monoisotopic (exact) mass is 349 g/mol. The second kappa shape index (κ2) is 8.25. The molecule has 0 heterocycles. The van der Waals surface area contributed by atoms with E-state index in [9.17, 15) is 9.18 Å². The summed E-state index contributed by atoms with van der Waals surface area (Å²) >= 11 is 0. The smallest absolute Gasteiger partial charge is 0.224 e. The van der Waals surface area contributed by atoms with Crippen LogP contribution in [0.3, 0.4) is 0 Å². The Morgan fingerprint density at radius 2 is 1.69 bits per heavy atom. The fourth-order valence-corrected chi connectivity index (χ4v) is 2.88. The first-order chi connectivity index (χ1) is 12.7. The predicted molar refractivity (Wildman–Crippen MR) is 103 cm³/mol. The second-order valence-electron chi connectivity index (χ2n) is 5.96. The zero-order valence-corrected chi connectivity index (χ0v) is 14.3. The summed E-state index contributed by atoms with van der Waals surface area (Å²) in [6, 6.07) is 17.7. The SMILES string of the molecule is N=Cc1ccc(CC(=O)NCCNc2ccc(F)cc2)c2ccccc12. The lowest BCUT2D eigenvalue weighted by Crippen LogP contribution is -2.30. The Hall–Kier alpha value is -3.21. The summed E-state index contributed by atoms with van der Waals surface area (Å²) in [5.41, 5.74) is 2.59. The first-order valence-corrected chi connectivity index (χ1v) is 8.44. The van der Waals surface area contributed by atoms with Gasteiger partial charge in [0.2, 0.25) is 5.91 Å². The Labute approximate surface area is 151 Å². The van der Waals surface area contributed by atoms with Gasteiger partial charge in [-0.25, -0.2) is 4.39 Å². The van der Waals surface area contributed by atoms with Gasteiger partial charge < -0.3 is 16.0 Å². The molecule has 0 spiro atoms. The summed E-state index contributed by atoms with van der Waals surface area (Å²) < 4.78 is 12.8. The standard InChI is InChI=1S/C21H20FN3O/c22-17-7-9-18(10-8-17)24-11-12-25-21(26)13-15-5-6-16(14-23)20-4-2-1-3-19(15)20/h1-10,14,23-24H,11-13H2,(H,25,26). The minimum atomic E-state index is -0.273. The molecule has 3 aromatic rings. The van der Waals surface area contributed by atoms with E-state index in [-0.39, 0.29) is 18.1 Å². The molecule has 0 saturated carbocycles. The van der Waals surface area contributed by atoms with Gasteiger partial charge in [-0.3, -0.25) is 4.79 Å². The number of halogens is 1. The lowest BCUT2D eigenvalue weighted by Gasteiger charge is -2.10. The van der Waals surface area contributed by atoms with Crippen LogP contribution in [-0.4, -0.2) is 25.2 Å². The highest BCUT2D eigenvalue weighted by Crippen LogP contribution is 2.22. The molecule has 3 N–H and O–H groups in total. The second-order valence-corrected chi connectivity index (χ2v) is 5.96. The summed E-state index contributed by atoms with van der Waals surface area (Å²) in [5, 5.41) is 15.5. The van der Waals surface area contributed by atoms with Crippen molar-refractivity contribution in [3.8, 4) is 0 Å². The number of rotatable bonds is 7. The van der Waals surface area contributed by atoms with Gasteiger partial charge in [-0.2, -0.15) is 0 Å². The summed E-state index contributed by atoms with van der Waals surface area (Å²) in [6.45, 7) is 1.04. The van der Waals surface area contributed by atoms with E-state index < -0.39 is 0 Å². The predicted octanol–water partition coefficient (Wildman–Crippen LogP) is 3.75. The topological polar surface area (TPSA) is 65.0 Å². The molecule has 0 aliphatic heterocycles. The normalized spacial score (nSPS) is 10.5. The van der Waals surface area contributed by atoms with Crippen LogP contribution >= 0.6 is 0 Å². The van der Waals surface area contributed by atoms with Crippen molar-refractivity contribution >= 4 is 28.6 Å². The van der Waals surface area contributed by atoms with Crippen molar-refractivity contribution < 1.29 is 9.18 Å². The molecule has 0 aromatic heterocycles. The summed E-state index contributed by atoms with van der Waals surface area (Å²) in [5.74, 6) is -0.330. The molecular weight excluding hydrogens is 329 g/mol. The van der Waals surface area contributed by atoms with Crippen molar-refractivity contribution in [2.24, 2.45) is 0 Å². The van der Waals surface area contributed by atoms with Crippen LogP contribution in [0.5, 0.6) is 0 Å². The molecule has 4 nitrogen and oxygen atoms in total. The molecule has 0 fully saturated rings. The molecule has 0 saturated heterocycles. The van der Waals surface area contributed by atoms with E-state index in [2.05, 4.69) is 10.6 Å². The molecule has 0 radical (unpaired) electrons. The Balaban J connectivity index is 1.56. The van der Waals surface area contributed by atoms with E-state index in [1.54, 1.807) is 12.1 Å². The van der Waals surface area contributed by atoms with Crippen LogP contribution < -0.4 is 10.6 Å². The third-order valence-electron chi connectivity index (χ3n) is 4.18. The highest BCUT2D eigenvalue weighted by atomic mass is 19.1. The van der Waals surface area contributed by atoms with Gasteiger partial charge in [0.1, 0.15) is 5.82 Å². The van der Waals surface area contributed by atoms with E-state index in [1.165, 1.54) is 18.3 Å². The highest BCUT2D eigenvalue weighted by Gasteiger charge is 2.08. The largest absolute Gasteiger partial charge is 0.383 e. The van der Waals surface area contributed by atoms with E-state index in [1.807, 2.05) is 36.4 Å². The fourth-order valence-electron chi connectivity index (χ4n) is 2.88. The summed E-state index contributed by atoms with van der Waals surface area (Å²) in [4.78, 5) is 12.2. The number of amides is 1. The van der Waals surface area contributed by atoms with E-state index in [0.29, 0.717) is 13.1 Å². The molecule has 3 rings (SSSR count). The Morgan fingerprint density at radius 3 is 2.42 bits per heavy atom. The van der Waals surface area contributed by atoms with Crippen LogP contribution in [0.4, 0.5) is 10.1 Å². The van der Waals surface area contributed by atoms with Crippen LogP contribution in [0.25, 0.3) is 10.8 Å². The first kappa shape index (κ1) is 17.6. The molecule has 0 aliphatic rings.